The van der Waals surface area contributed by atoms with Gasteiger partial charge in [0, 0.05) is 49.6 Å². The lowest BCUT2D eigenvalue weighted by atomic mass is 10.0. The van der Waals surface area contributed by atoms with E-state index in [2.05, 4.69) is 20.7 Å². The van der Waals surface area contributed by atoms with E-state index in [9.17, 15) is 5.11 Å². The molecule has 0 unspecified atom stereocenters. The van der Waals surface area contributed by atoms with Crippen molar-refractivity contribution in [2.24, 2.45) is 0 Å². The predicted molar refractivity (Wildman–Crippen MR) is 156 cm³/mol. The molecule has 1 aromatic carbocycles. The SMILES string of the molecule is CNC[C@@H](O)COc1ccc(Cl)c(-c2nc(-c3c(C)noc3C)c(C)c(N3CC(=N)/C(=C\NCCOC)C3)n2)c1. The van der Waals surface area contributed by atoms with Crippen LogP contribution >= 0.6 is 11.6 Å². The Hall–Kier alpha value is -3.51. The molecule has 40 heavy (non-hydrogen) atoms. The normalized spacial score (nSPS) is 15.2. The molecule has 1 aliphatic rings. The number of nitrogens with one attached hydrogen (secondary N) is 3. The summed E-state index contributed by atoms with van der Waals surface area (Å²) in [5.41, 5.74) is 5.02. The van der Waals surface area contributed by atoms with Crippen LogP contribution in [0, 0.1) is 26.2 Å². The summed E-state index contributed by atoms with van der Waals surface area (Å²) < 4.78 is 16.4. The third-order valence-electron chi connectivity index (χ3n) is 6.58. The summed E-state index contributed by atoms with van der Waals surface area (Å²) in [4.78, 5) is 12.0. The first-order chi connectivity index (χ1) is 19.2. The zero-order valence-electron chi connectivity index (χ0n) is 23.5. The lowest BCUT2D eigenvalue weighted by molar-refractivity contribution is 0.108. The summed E-state index contributed by atoms with van der Waals surface area (Å²) in [5, 5.41) is 29.4. The van der Waals surface area contributed by atoms with Crippen molar-refractivity contribution < 1.29 is 19.1 Å². The fourth-order valence-corrected chi connectivity index (χ4v) is 4.74. The van der Waals surface area contributed by atoms with E-state index < -0.39 is 6.10 Å². The Balaban J connectivity index is 1.76. The second-order valence-corrected chi connectivity index (χ2v) is 10.1. The van der Waals surface area contributed by atoms with Gasteiger partial charge in [0.25, 0.3) is 0 Å². The highest BCUT2D eigenvalue weighted by atomic mass is 35.5. The van der Waals surface area contributed by atoms with Gasteiger partial charge in [-0.05, 0) is 46.0 Å². The maximum Gasteiger partial charge on any atom is 0.163 e. The quantitative estimate of drug-likeness (QED) is 0.240. The topological polar surface area (TPSA) is 142 Å². The fraction of sp³-hybridized carbons (Fsp3) is 0.429. The van der Waals surface area contributed by atoms with Gasteiger partial charge in [-0.15, -0.1) is 0 Å². The van der Waals surface area contributed by atoms with Gasteiger partial charge in [0.1, 0.15) is 30.0 Å². The molecule has 1 saturated heterocycles. The summed E-state index contributed by atoms with van der Waals surface area (Å²) in [5.74, 6) is 2.28. The molecule has 0 amide bonds. The molecule has 0 aliphatic carbocycles. The van der Waals surface area contributed by atoms with Gasteiger partial charge in [0.05, 0.1) is 40.8 Å². The van der Waals surface area contributed by atoms with Crippen molar-refractivity contribution in [3.05, 3.63) is 52.0 Å². The highest BCUT2D eigenvalue weighted by molar-refractivity contribution is 6.33. The first-order valence-corrected chi connectivity index (χ1v) is 13.4. The largest absolute Gasteiger partial charge is 0.491 e. The zero-order valence-corrected chi connectivity index (χ0v) is 24.2. The van der Waals surface area contributed by atoms with Crippen LogP contribution in [0.15, 0.2) is 34.5 Å². The van der Waals surface area contributed by atoms with Gasteiger partial charge in [0.15, 0.2) is 5.82 Å². The molecule has 4 N–H and O–H groups in total. The number of likely N-dealkylation sites (N-methyl/N-ethyl adjacent to an activating group) is 1. The summed E-state index contributed by atoms with van der Waals surface area (Å²) >= 11 is 6.66. The van der Waals surface area contributed by atoms with E-state index in [0.717, 1.165) is 22.4 Å². The van der Waals surface area contributed by atoms with E-state index in [1.807, 2.05) is 27.0 Å². The minimum Gasteiger partial charge on any atom is -0.491 e. The van der Waals surface area contributed by atoms with Crippen molar-refractivity contribution in [1.29, 1.82) is 5.41 Å². The lowest BCUT2D eigenvalue weighted by Gasteiger charge is -2.21. The van der Waals surface area contributed by atoms with Gasteiger partial charge < -0.3 is 40.0 Å². The van der Waals surface area contributed by atoms with E-state index in [-0.39, 0.29) is 6.61 Å². The van der Waals surface area contributed by atoms with Gasteiger partial charge in [-0.2, -0.15) is 0 Å². The number of aliphatic hydroxyl groups excluding tert-OH is 1. The minimum atomic E-state index is -0.658. The molecule has 214 valence electrons. The standard InChI is InChI=1S/C28H36ClN7O4/c1-16-26(25-17(2)35-40-18(25)3)33-27(22-10-21(6-7-23(22)29)39-15-20(37)12-31-4)34-28(16)36-13-19(24(30)14-36)11-32-8-9-38-5/h6-7,10-11,20,30-32,37H,8-9,12-15H2,1-5H3/b19-11-,30-24?/t20-/m1/s1. The number of methoxy groups -OCH3 is 1. The van der Waals surface area contributed by atoms with Crippen molar-refractivity contribution in [2.75, 3.05) is 58.5 Å². The molecule has 4 rings (SSSR count). The molecule has 3 aromatic rings. The molecule has 1 aliphatic heterocycles. The number of hydrogen-bond donors (Lipinski definition) is 4. The molecule has 11 nitrogen and oxygen atoms in total. The van der Waals surface area contributed by atoms with E-state index in [1.165, 1.54) is 0 Å². The first kappa shape index (κ1) is 29.5. The summed E-state index contributed by atoms with van der Waals surface area (Å²) in [6, 6.07) is 5.25. The molecule has 3 heterocycles. The van der Waals surface area contributed by atoms with Crippen LogP contribution in [0.3, 0.4) is 0 Å². The Bertz CT molecular complexity index is 1370. The van der Waals surface area contributed by atoms with Crippen LogP contribution in [0.4, 0.5) is 5.82 Å². The van der Waals surface area contributed by atoms with Crippen LogP contribution in [0.1, 0.15) is 17.0 Å². The molecule has 1 atom stereocenters. The molecule has 0 saturated carbocycles. The van der Waals surface area contributed by atoms with Crippen molar-refractivity contribution in [2.45, 2.75) is 26.9 Å². The number of anilines is 1. The number of halogens is 1. The van der Waals surface area contributed by atoms with Gasteiger partial charge in [0.2, 0.25) is 0 Å². The molecule has 0 radical (unpaired) electrons. The second kappa shape index (κ2) is 13.2. The number of benzene rings is 1. The Labute approximate surface area is 239 Å². The Morgan fingerprint density at radius 2 is 2.05 bits per heavy atom. The van der Waals surface area contributed by atoms with Crippen LogP contribution < -0.4 is 20.3 Å². The van der Waals surface area contributed by atoms with Crippen LogP contribution in [0.25, 0.3) is 22.6 Å². The van der Waals surface area contributed by atoms with E-state index in [1.54, 1.807) is 32.4 Å². The summed E-state index contributed by atoms with van der Waals surface area (Å²) in [6.45, 7) is 8.37. The lowest BCUT2D eigenvalue weighted by Crippen LogP contribution is -2.29. The average molecular weight is 570 g/mol. The molecular formula is C28H36ClN7O4. The van der Waals surface area contributed by atoms with Crippen LogP contribution in [-0.2, 0) is 4.74 Å². The van der Waals surface area contributed by atoms with Crippen molar-refractivity contribution in [1.82, 2.24) is 25.8 Å². The number of hydrogen-bond acceptors (Lipinski definition) is 11. The summed E-state index contributed by atoms with van der Waals surface area (Å²) in [7, 11) is 3.42. The molecule has 0 bridgehead atoms. The maximum atomic E-state index is 10.1. The zero-order chi connectivity index (χ0) is 28.8. The maximum absolute atomic E-state index is 10.1. The third-order valence-corrected chi connectivity index (χ3v) is 6.90. The highest BCUT2D eigenvalue weighted by Gasteiger charge is 2.28. The Morgan fingerprint density at radius 1 is 1.25 bits per heavy atom. The molecule has 2 aromatic heterocycles. The molecule has 1 fully saturated rings. The average Bonchev–Trinajstić information content (AvgIpc) is 3.47. The Morgan fingerprint density at radius 3 is 2.75 bits per heavy atom. The molecule has 12 heteroatoms. The van der Waals surface area contributed by atoms with E-state index >= 15 is 0 Å². The van der Waals surface area contributed by atoms with Crippen LogP contribution in [0.2, 0.25) is 5.02 Å². The molecular weight excluding hydrogens is 534 g/mol. The van der Waals surface area contributed by atoms with E-state index in [0.29, 0.717) is 77.9 Å². The third kappa shape index (κ3) is 6.61. The van der Waals surface area contributed by atoms with Crippen LogP contribution in [0.5, 0.6) is 5.75 Å². The number of aliphatic hydroxyl groups is 1. The monoisotopic (exact) mass is 569 g/mol. The number of aryl methyl sites for hydroxylation is 2. The van der Waals surface area contributed by atoms with Crippen molar-refractivity contribution >= 4 is 23.1 Å². The highest BCUT2D eigenvalue weighted by Crippen LogP contribution is 2.37. The second-order valence-electron chi connectivity index (χ2n) is 9.66. The van der Waals surface area contributed by atoms with Gasteiger partial charge in [-0.3, -0.25) is 0 Å². The Kier molecular flexibility index (Phi) is 9.75. The number of ether oxygens (including phenoxy) is 2. The van der Waals surface area contributed by atoms with Gasteiger partial charge >= 0.3 is 0 Å². The van der Waals surface area contributed by atoms with E-state index in [4.69, 9.17) is 41.0 Å². The number of rotatable bonds is 12. The number of nitrogens with zero attached hydrogens (tertiary/aromatic N) is 4. The first-order valence-electron chi connectivity index (χ1n) is 13.0. The minimum absolute atomic E-state index is 0.121. The number of aromatic nitrogens is 3. The van der Waals surface area contributed by atoms with Crippen molar-refractivity contribution in [3.8, 4) is 28.4 Å². The van der Waals surface area contributed by atoms with Gasteiger partial charge in [-0.1, -0.05) is 16.8 Å². The van der Waals surface area contributed by atoms with Crippen LogP contribution in [-0.4, -0.2) is 85.6 Å². The van der Waals surface area contributed by atoms with Gasteiger partial charge in [-0.25, -0.2) is 9.97 Å². The fourth-order valence-electron chi connectivity index (χ4n) is 4.54. The predicted octanol–water partition coefficient (Wildman–Crippen LogP) is 3.30. The van der Waals surface area contributed by atoms with Crippen molar-refractivity contribution in [3.63, 3.8) is 0 Å². The molecule has 0 spiro atoms. The smallest absolute Gasteiger partial charge is 0.163 e. The summed E-state index contributed by atoms with van der Waals surface area (Å²) in [6.07, 6.45) is 1.21.